The van der Waals surface area contributed by atoms with Crippen LogP contribution in [0.25, 0.3) is 33.3 Å². The quantitative estimate of drug-likeness (QED) is 0.311. The average Bonchev–Trinajstić information content (AvgIpc) is 3.61. The van der Waals surface area contributed by atoms with Crippen molar-refractivity contribution >= 4 is 33.7 Å². The number of hydrogen-bond donors (Lipinski definition) is 2. The van der Waals surface area contributed by atoms with E-state index < -0.39 is 5.82 Å². The van der Waals surface area contributed by atoms with Gasteiger partial charge in [0.2, 0.25) is 0 Å². The summed E-state index contributed by atoms with van der Waals surface area (Å²) < 4.78 is 36.9. The summed E-state index contributed by atoms with van der Waals surface area (Å²) in [6.45, 7) is 6.90. The third kappa shape index (κ3) is 5.23. The first kappa shape index (κ1) is 27.5. The van der Waals surface area contributed by atoms with Gasteiger partial charge in [0.05, 0.1) is 85.4 Å². The van der Waals surface area contributed by atoms with Gasteiger partial charge in [0, 0.05) is 57.5 Å². The Balaban J connectivity index is 1.52. The van der Waals surface area contributed by atoms with Gasteiger partial charge in [-0.2, -0.15) is 0 Å². The fourth-order valence-corrected chi connectivity index (χ4v) is 6.02. The molecular formula is C28H34ClFN6O4. The van der Waals surface area contributed by atoms with Crippen LogP contribution in [-0.2, 0) is 18.9 Å². The molecule has 0 bridgehead atoms. The molecule has 2 saturated heterocycles. The highest BCUT2D eigenvalue weighted by Gasteiger charge is 2.32. The minimum atomic E-state index is -0.552. The van der Waals surface area contributed by atoms with Crippen molar-refractivity contribution in [1.29, 1.82) is 0 Å². The number of fused-ring (bicyclic) bond motifs is 2. The maximum Gasteiger partial charge on any atom is 0.160 e. The summed E-state index contributed by atoms with van der Waals surface area (Å²) in [5, 5.41) is 0.574. The Hall–Kier alpha value is -2.64. The third-order valence-electron chi connectivity index (χ3n) is 7.85. The maximum absolute atomic E-state index is 14.1. The number of rotatable bonds is 9. The molecule has 0 aliphatic carbocycles. The molecule has 0 saturated carbocycles. The van der Waals surface area contributed by atoms with E-state index in [2.05, 4.69) is 30.8 Å². The highest BCUT2D eigenvalue weighted by atomic mass is 35.5. The molecule has 2 unspecified atom stereocenters. The molecule has 0 radical (unpaired) electrons. The van der Waals surface area contributed by atoms with Crippen molar-refractivity contribution in [2.24, 2.45) is 0 Å². The molecule has 2 aliphatic heterocycles. The number of hydrogen-bond acceptors (Lipinski definition) is 8. The maximum atomic E-state index is 14.1. The molecular weight excluding hydrogens is 539 g/mol. The number of nitrogens with one attached hydrogen (secondary N) is 2. The SMILES string of the molecule is COCC(c1cc2[nH]cc(-c3cc4c(Cl)c(F)cnc4[nH]3)c2nc1C(COC)N1CCOCC1)N1CCOCC1. The van der Waals surface area contributed by atoms with E-state index in [1.54, 1.807) is 14.2 Å². The minimum absolute atomic E-state index is 0.00740. The molecule has 0 amide bonds. The molecule has 2 aliphatic rings. The Morgan fingerprint density at radius 1 is 1.00 bits per heavy atom. The van der Waals surface area contributed by atoms with Crippen LogP contribution in [-0.4, -0.2) is 110 Å². The van der Waals surface area contributed by atoms with E-state index in [0.717, 1.165) is 65.9 Å². The lowest BCUT2D eigenvalue weighted by Crippen LogP contribution is -2.43. The molecule has 2 N–H and O–H groups in total. The number of nitrogens with zero attached hydrogens (tertiary/aromatic N) is 4. The van der Waals surface area contributed by atoms with Crippen molar-refractivity contribution in [1.82, 2.24) is 29.7 Å². The fourth-order valence-electron chi connectivity index (χ4n) is 5.82. The number of pyridine rings is 2. The van der Waals surface area contributed by atoms with Gasteiger partial charge in [-0.15, -0.1) is 0 Å². The van der Waals surface area contributed by atoms with Gasteiger partial charge in [-0.3, -0.25) is 9.80 Å². The summed E-state index contributed by atoms with van der Waals surface area (Å²) in [4.78, 5) is 21.0. The van der Waals surface area contributed by atoms with E-state index in [0.29, 0.717) is 50.7 Å². The van der Waals surface area contributed by atoms with Crippen LogP contribution in [0.3, 0.4) is 0 Å². The lowest BCUT2D eigenvalue weighted by molar-refractivity contribution is -0.0116. The van der Waals surface area contributed by atoms with Gasteiger partial charge in [0.15, 0.2) is 5.82 Å². The number of H-pyrrole nitrogens is 2. The van der Waals surface area contributed by atoms with Crippen LogP contribution in [0.2, 0.25) is 5.02 Å². The lowest BCUT2D eigenvalue weighted by atomic mass is 9.97. The molecule has 12 heteroatoms. The Labute approximate surface area is 236 Å². The Morgan fingerprint density at radius 3 is 2.33 bits per heavy atom. The highest BCUT2D eigenvalue weighted by molar-refractivity contribution is 6.35. The summed E-state index contributed by atoms with van der Waals surface area (Å²) >= 11 is 6.25. The number of ether oxygens (including phenoxy) is 4. The minimum Gasteiger partial charge on any atom is -0.383 e. The van der Waals surface area contributed by atoms with Crippen LogP contribution in [0, 0.1) is 5.82 Å². The summed E-state index contributed by atoms with van der Waals surface area (Å²) in [5.41, 5.74) is 5.87. The first-order valence-corrected chi connectivity index (χ1v) is 13.9. The average molecular weight is 573 g/mol. The van der Waals surface area contributed by atoms with E-state index in [1.807, 2.05) is 12.3 Å². The molecule has 2 fully saturated rings. The Kier molecular flexibility index (Phi) is 8.31. The van der Waals surface area contributed by atoms with Crippen molar-refractivity contribution in [3.05, 3.63) is 46.6 Å². The van der Waals surface area contributed by atoms with Crippen molar-refractivity contribution in [2.45, 2.75) is 12.1 Å². The van der Waals surface area contributed by atoms with Gasteiger partial charge in [0.1, 0.15) is 5.65 Å². The van der Waals surface area contributed by atoms with E-state index in [9.17, 15) is 4.39 Å². The van der Waals surface area contributed by atoms with Gasteiger partial charge < -0.3 is 28.9 Å². The van der Waals surface area contributed by atoms with Crippen LogP contribution in [0.15, 0.2) is 24.5 Å². The fraction of sp³-hybridized carbons (Fsp3) is 0.500. The van der Waals surface area contributed by atoms with E-state index in [1.165, 1.54) is 0 Å². The number of aromatic nitrogens is 4. The monoisotopic (exact) mass is 572 g/mol. The van der Waals surface area contributed by atoms with Crippen molar-refractivity contribution < 1.29 is 23.3 Å². The zero-order valence-electron chi connectivity index (χ0n) is 22.7. The zero-order valence-corrected chi connectivity index (χ0v) is 23.5. The predicted octanol–water partition coefficient (Wildman–Crippen LogP) is 3.94. The lowest BCUT2D eigenvalue weighted by Gasteiger charge is -2.38. The molecule has 4 aromatic heterocycles. The molecule has 214 valence electrons. The molecule has 40 heavy (non-hydrogen) atoms. The van der Waals surface area contributed by atoms with Crippen molar-refractivity contribution in [2.75, 3.05) is 80.0 Å². The summed E-state index contributed by atoms with van der Waals surface area (Å²) in [7, 11) is 3.46. The number of aromatic amines is 2. The first-order chi connectivity index (χ1) is 19.6. The third-order valence-corrected chi connectivity index (χ3v) is 8.23. The number of halogens is 2. The van der Waals surface area contributed by atoms with Crippen molar-refractivity contribution in [3.8, 4) is 11.3 Å². The van der Waals surface area contributed by atoms with Gasteiger partial charge >= 0.3 is 0 Å². The van der Waals surface area contributed by atoms with Crippen molar-refractivity contribution in [3.63, 3.8) is 0 Å². The normalized spacial score (nSPS) is 19.0. The van der Waals surface area contributed by atoms with Crippen LogP contribution in [0.1, 0.15) is 23.3 Å². The standard InChI is InChI=1S/C28H34ClFN6O4/c1-37-15-23(35-3-7-39-8-4-35)17-11-22-26(34-27(17)24(16-38-2)36-5-9-40-10-6-36)19(13-31-22)21-12-18-25(29)20(30)14-32-28(18)33-21/h11-14,23-24,31H,3-10,15-16H2,1-2H3,(H,32,33). The largest absolute Gasteiger partial charge is 0.383 e. The molecule has 6 rings (SSSR count). The molecule has 4 aromatic rings. The predicted molar refractivity (Wildman–Crippen MR) is 150 cm³/mol. The van der Waals surface area contributed by atoms with Crippen LogP contribution < -0.4 is 0 Å². The van der Waals surface area contributed by atoms with E-state index >= 15 is 0 Å². The van der Waals surface area contributed by atoms with Crippen LogP contribution in [0.4, 0.5) is 4.39 Å². The zero-order chi connectivity index (χ0) is 27.6. The Bertz CT molecular complexity index is 1470. The smallest absolute Gasteiger partial charge is 0.160 e. The van der Waals surface area contributed by atoms with Gasteiger partial charge in [-0.25, -0.2) is 14.4 Å². The highest BCUT2D eigenvalue weighted by Crippen LogP contribution is 2.37. The number of morpholine rings is 2. The topological polar surface area (TPSA) is 101 Å². The summed E-state index contributed by atoms with van der Waals surface area (Å²) in [6.07, 6.45) is 3.04. The van der Waals surface area contributed by atoms with E-state index in [-0.39, 0.29) is 17.1 Å². The molecule has 10 nitrogen and oxygen atoms in total. The molecule has 0 aromatic carbocycles. The second kappa shape index (κ2) is 12.1. The molecule has 2 atom stereocenters. The summed E-state index contributed by atoms with van der Waals surface area (Å²) in [5.74, 6) is -0.552. The second-order valence-electron chi connectivity index (χ2n) is 10.2. The van der Waals surface area contributed by atoms with Gasteiger partial charge in [-0.1, -0.05) is 11.6 Å². The van der Waals surface area contributed by atoms with Crippen LogP contribution in [0.5, 0.6) is 0 Å². The first-order valence-electron chi connectivity index (χ1n) is 13.6. The summed E-state index contributed by atoms with van der Waals surface area (Å²) in [6, 6.07) is 3.93. The molecule has 0 spiro atoms. The van der Waals surface area contributed by atoms with Gasteiger partial charge in [-0.05, 0) is 17.7 Å². The van der Waals surface area contributed by atoms with E-state index in [4.69, 9.17) is 35.5 Å². The second-order valence-corrected chi connectivity index (χ2v) is 10.5. The number of methoxy groups -OCH3 is 2. The Morgan fingerprint density at radius 2 is 1.65 bits per heavy atom. The molecule has 6 heterocycles. The van der Waals surface area contributed by atoms with Crippen LogP contribution >= 0.6 is 11.6 Å². The van der Waals surface area contributed by atoms with Gasteiger partial charge in [0.25, 0.3) is 0 Å².